The molecule has 0 aliphatic carbocycles. The van der Waals surface area contributed by atoms with Crippen LogP contribution in [0.5, 0.6) is 0 Å². The molecule has 0 N–H and O–H groups in total. The Morgan fingerprint density at radius 3 is 2.75 bits per heavy atom. The van der Waals surface area contributed by atoms with E-state index in [1.807, 2.05) is 18.9 Å². The number of aromatic nitrogens is 2. The molecule has 1 unspecified atom stereocenters. The molecule has 2 fully saturated rings. The third-order valence-electron chi connectivity index (χ3n) is 4.60. The van der Waals surface area contributed by atoms with Gasteiger partial charge in [-0.15, -0.1) is 0 Å². The van der Waals surface area contributed by atoms with Crippen LogP contribution in [0.15, 0.2) is 4.52 Å². The molecule has 0 aromatic carbocycles. The first-order valence-electron chi connectivity index (χ1n) is 7.48. The Hall–Kier alpha value is -1.43. The number of amides is 1. The lowest BCUT2D eigenvalue weighted by Crippen LogP contribution is -2.58. The summed E-state index contributed by atoms with van der Waals surface area (Å²) in [5.74, 6) is 1.63. The number of likely N-dealkylation sites (tertiary alicyclic amines) is 2. The fraction of sp³-hybridized carbons (Fsp3) is 0.786. The first-order valence-corrected chi connectivity index (χ1v) is 7.48. The van der Waals surface area contributed by atoms with Crippen molar-refractivity contribution in [1.29, 1.82) is 0 Å². The first-order chi connectivity index (χ1) is 9.65. The summed E-state index contributed by atoms with van der Waals surface area (Å²) in [5.41, 5.74) is -0.319. The van der Waals surface area contributed by atoms with Gasteiger partial charge in [0.25, 0.3) is 0 Å². The van der Waals surface area contributed by atoms with E-state index in [1.165, 1.54) is 0 Å². The molecule has 1 atom stereocenters. The monoisotopic (exact) mass is 278 g/mol. The van der Waals surface area contributed by atoms with Crippen LogP contribution in [-0.2, 0) is 17.8 Å². The van der Waals surface area contributed by atoms with E-state index < -0.39 is 0 Å². The number of hydrogen-bond acceptors (Lipinski definition) is 5. The van der Waals surface area contributed by atoms with Crippen molar-refractivity contribution in [1.82, 2.24) is 19.9 Å². The zero-order valence-electron chi connectivity index (χ0n) is 12.3. The van der Waals surface area contributed by atoms with Crippen LogP contribution in [0.3, 0.4) is 0 Å². The second-order valence-electron chi connectivity index (χ2n) is 5.84. The summed E-state index contributed by atoms with van der Waals surface area (Å²) in [4.78, 5) is 21.1. The lowest BCUT2D eigenvalue weighted by Gasteiger charge is -2.43. The SMILES string of the molecule is CCc1nc(CN2CCCC23CCCN(C)C3=O)no1. The maximum atomic E-state index is 12.6. The topological polar surface area (TPSA) is 62.5 Å². The Balaban J connectivity index is 1.79. The Morgan fingerprint density at radius 1 is 1.30 bits per heavy atom. The lowest BCUT2D eigenvalue weighted by molar-refractivity contribution is -0.146. The Kier molecular flexibility index (Phi) is 3.50. The van der Waals surface area contributed by atoms with Crippen LogP contribution < -0.4 is 0 Å². The highest BCUT2D eigenvalue weighted by Crippen LogP contribution is 2.38. The second kappa shape index (κ2) is 5.16. The normalized spacial score (nSPS) is 27.7. The van der Waals surface area contributed by atoms with Crippen LogP contribution >= 0.6 is 0 Å². The molecule has 3 heterocycles. The minimum absolute atomic E-state index is 0.264. The van der Waals surface area contributed by atoms with Crippen molar-refractivity contribution in [3.05, 3.63) is 11.7 Å². The van der Waals surface area contributed by atoms with Gasteiger partial charge in [0, 0.05) is 20.0 Å². The van der Waals surface area contributed by atoms with E-state index >= 15 is 0 Å². The zero-order chi connectivity index (χ0) is 14.2. The van der Waals surface area contributed by atoms with Gasteiger partial charge in [-0.3, -0.25) is 9.69 Å². The summed E-state index contributed by atoms with van der Waals surface area (Å²) in [5, 5.41) is 4.02. The molecule has 0 bridgehead atoms. The molecule has 1 spiro atoms. The third kappa shape index (κ3) is 2.12. The van der Waals surface area contributed by atoms with E-state index in [0.29, 0.717) is 18.3 Å². The highest BCUT2D eigenvalue weighted by molar-refractivity contribution is 5.87. The molecule has 3 rings (SSSR count). The third-order valence-corrected chi connectivity index (χ3v) is 4.60. The van der Waals surface area contributed by atoms with Crippen molar-refractivity contribution in [2.24, 2.45) is 0 Å². The standard InChI is InChI=1S/C14H22N4O2/c1-3-12-15-11(16-20-12)10-18-9-5-7-14(18)6-4-8-17(2)13(14)19/h3-10H2,1-2H3. The second-order valence-corrected chi connectivity index (χ2v) is 5.84. The van der Waals surface area contributed by atoms with Crippen molar-refractivity contribution >= 4 is 5.91 Å². The zero-order valence-corrected chi connectivity index (χ0v) is 12.3. The molecule has 6 heteroatoms. The lowest BCUT2D eigenvalue weighted by atomic mass is 9.85. The van der Waals surface area contributed by atoms with Gasteiger partial charge in [0.15, 0.2) is 5.82 Å². The fourth-order valence-corrected chi connectivity index (χ4v) is 3.53. The number of rotatable bonds is 3. The molecular weight excluding hydrogens is 256 g/mol. The summed E-state index contributed by atoms with van der Waals surface area (Å²) >= 11 is 0. The number of nitrogens with zero attached hydrogens (tertiary/aromatic N) is 4. The molecule has 6 nitrogen and oxygen atoms in total. The largest absolute Gasteiger partial charge is 0.344 e. The Bertz CT molecular complexity index is 501. The van der Waals surface area contributed by atoms with Crippen LogP contribution in [0, 0.1) is 0 Å². The summed E-state index contributed by atoms with van der Waals surface area (Å²) in [7, 11) is 1.91. The number of likely N-dealkylation sites (N-methyl/N-ethyl adjacent to an activating group) is 1. The van der Waals surface area contributed by atoms with Gasteiger partial charge in [0.1, 0.15) is 5.54 Å². The van der Waals surface area contributed by atoms with Gasteiger partial charge in [0.05, 0.1) is 6.54 Å². The average molecular weight is 278 g/mol. The van der Waals surface area contributed by atoms with E-state index in [2.05, 4.69) is 15.0 Å². The molecule has 1 amide bonds. The van der Waals surface area contributed by atoms with Crippen LogP contribution in [0.2, 0.25) is 0 Å². The highest BCUT2D eigenvalue weighted by atomic mass is 16.5. The van der Waals surface area contributed by atoms with E-state index in [4.69, 9.17) is 4.52 Å². The fourth-order valence-electron chi connectivity index (χ4n) is 3.53. The maximum absolute atomic E-state index is 12.6. The predicted molar refractivity (Wildman–Crippen MR) is 72.9 cm³/mol. The number of piperidine rings is 1. The molecule has 2 aliphatic rings. The molecule has 0 saturated carbocycles. The van der Waals surface area contributed by atoms with Crippen molar-refractivity contribution in [3.63, 3.8) is 0 Å². The number of hydrogen-bond donors (Lipinski definition) is 0. The van der Waals surface area contributed by atoms with Gasteiger partial charge in [-0.25, -0.2) is 0 Å². The predicted octanol–water partition coefficient (Wildman–Crippen LogP) is 1.22. The van der Waals surface area contributed by atoms with Crippen molar-refractivity contribution in [3.8, 4) is 0 Å². The molecule has 0 radical (unpaired) electrons. The number of carbonyl (C=O) groups excluding carboxylic acids is 1. The highest BCUT2D eigenvalue weighted by Gasteiger charge is 2.50. The van der Waals surface area contributed by atoms with Crippen molar-refractivity contribution in [2.45, 2.75) is 51.1 Å². The van der Waals surface area contributed by atoms with Gasteiger partial charge in [0.2, 0.25) is 11.8 Å². The van der Waals surface area contributed by atoms with Crippen LogP contribution in [0.4, 0.5) is 0 Å². The summed E-state index contributed by atoms with van der Waals surface area (Å²) in [6.07, 6.45) is 4.80. The quantitative estimate of drug-likeness (QED) is 0.832. The first kappa shape index (κ1) is 13.5. The van der Waals surface area contributed by atoms with E-state index in [1.54, 1.807) is 0 Å². The maximum Gasteiger partial charge on any atom is 0.242 e. The van der Waals surface area contributed by atoms with Gasteiger partial charge in [-0.2, -0.15) is 4.98 Å². The molecule has 2 saturated heterocycles. The van der Waals surface area contributed by atoms with Gasteiger partial charge in [-0.05, 0) is 32.2 Å². The molecule has 2 aliphatic heterocycles. The van der Waals surface area contributed by atoms with Gasteiger partial charge < -0.3 is 9.42 Å². The van der Waals surface area contributed by atoms with Crippen molar-refractivity contribution < 1.29 is 9.32 Å². The van der Waals surface area contributed by atoms with E-state index in [9.17, 15) is 4.79 Å². The molecule has 1 aromatic rings. The average Bonchev–Trinajstić information content (AvgIpc) is 3.05. The Morgan fingerprint density at radius 2 is 2.05 bits per heavy atom. The summed E-state index contributed by atoms with van der Waals surface area (Å²) < 4.78 is 5.16. The smallest absolute Gasteiger partial charge is 0.242 e. The molecule has 1 aromatic heterocycles. The van der Waals surface area contributed by atoms with Crippen molar-refractivity contribution in [2.75, 3.05) is 20.1 Å². The van der Waals surface area contributed by atoms with Crippen LogP contribution in [0.1, 0.15) is 44.3 Å². The summed E-state index contributed by atoms with van der Waals surface area (Å²) in [6.45, 7) is 4.42. The Labute approximate surface area is 119 Å². The summed E-state index contributed by atoms with van der Waals surface area (Å²) in [6, 6.07) is 0. The minimum atomic E-state index is -0.319. The van der Waals surface area contributed by atoms with Gasteiger partial charge in [-0.1, -0.05) is 12.1 Å². The van der Waals surface area contributed by atoms with Crippen LogP contribution in [0.25, 0.3) is 0 Å². The van der Waals surface area contributed by atoms with E-state index in [-0.39, 0.29) is 11.4 Å². The molecule has 20 heavy (non-hydrogen) atoms. The van der Waals surface area contributed by atoms with Crippen LogP contribution in [-0.4, -0.2) is 51.5 Å². The number of carbonyl (C=O) groups is 1. The minimum Gasteiger partial charge on any atom is -0.344 e. The molecule has 110 valence electrons. The number of aryl methyl sites for hydroxylation is 1. The molecular formula is C14H22N4O2. The van der Waals surface area contributed by atoms with Gasteiger partial charge >= 0.3 is 0 Å². The van der Waals surface area contributed by atoms with E-state index in [0.717, 1.165) is 45.2 Å².